The molecule has 7 heteroatoms. The molecule has 16 heavy (non-hydrogen) atoms. The molecule has 0 radical (unpaired) electrons. The summed E-state index contributed by atoms with van der Waals surface area (Å²) in [5, 5.41) is 14.2. The van der Waals surface area contributed by atoms with E-state index in [0.29, 0.717) is 21.2 Å². The normalized spacial score (nSPS) is 11.1. The first-order valence-corrected chi connectivity index (χ1v) is 7.33. The molecule has 0 aromatic heterocycles. The van der Waals surface area contributed by atoms with Gasteiger partial charge >= 0.3 is 0 Å². The van der Waals surface area contributed by atoms with E-state index in [1.165, 1.54) is 11.8 Å². The fourth-order valence-corrected chi connectivity index (χ4v) is 3.17. The smallest absolute Gasteiger partial charge is 0.209 e. The molecule has 0 bridgehead atoms. The van der Waals surface area contributed by atoms with Gasteiger partial charge in [0.2, 0.25) is 10.0 Å². The fourth-order valence-electron chi connectivity index (χ4n) is 0.976. The van der Waals surface area contributed by atoms with Crippen molar-refractivity contribution < 1.29 is 8.42 Å². The molecule has 0 atom stereocenters. The number of sulfonamides is 1. The fraction of sp³-hybridized carbons (Fsp3) is 0.222. The van der Waals surface area contributed by atoms with Gasteiger partial charge in [-0.25, -0.2) is 13.6 Å². The molecule has 0 saturated carbocycles. The van der Waals surface area contributed by atoms with Gasteiger partial charge in [0.25, 0.3) is 0 Å². The van der Waals surface area contributed by atoms with Crippen molar-refractivity contribution in [3.63, 3.8) is 0 Å². The number of hydrogen-bond donors (Lipinski definition) is 1. The van der Waals surface area contributed by atoms with Crippen molar-refractivity contribution in [1.82, 2.24) is 0 Å². The van der Waals surface area contributed by atoms with Crippen LogP contribution in [0.1, 0.15) is 5.56 Å². The number of halogens is 1. The molecule has 0 saturated heterocycles. The average Bonchev–Trinajstić information content (AvgIpc) is 2.16. The van der Waals surface area contributed by atoms with Crippen molar-refractivity contribution in [2.24, 2.45) is 5.14 Å². The standard InChI is InChI=1S/C9H9ClN2O2S2/c10-8-2-1-7(6-11)9(5-8)15-3-4-16(12,13)14/h1-2,5H,3-4H2,(H2,12,13,14). The van der Waals surface area contributed by atoms with Gasteiger partial charge in [0.1, 0.15) is 6.07 Å². The minimum Gasteiger partial charge on any atom is -0.229 e. The van der Waals surface area contributed by atoms with Crippen LogP contribution in [0.3, 0.4) is 0 Å². The van der Waals surface area contributed by atoms with Crippen LogP contribution < -0.4 is 5.14 Å². The highest BCUT2D eigenvalue weighted by Gasteiger charge is 2.07. The molecule has 0 aliphatic carbocycles. The molecule has 0 spiro atoms. The third-order valence-corrected chi connectivity index (χ3v) is 4.01. The average molecular weight is 277 g/mol. The summed E-state index contributed by atoms with van der Waals surface area (Å²) < 4.78 is 21.4. The minimum atomic E-state index is -3.46. The van der Waals surface area contributed by atoms with Gasteiger partial charge in [0.05, 0.1) is 11.3 Å². The third-order valence-electron chi connectivity index (χ3n) is 1.69. The lowest BCUT2D eigenvalue weighted by molar-refractivity contribution is 0.599. The topological polar surface area (TPSA) is 83.9 Å². The van der Waals surface area contributed by atoms with Crippen LogP contribution in [0, 0.1) is 11.3 Å². The summed E-state index contributed by atoms with van der Waals surface area (Å²) in [4.78, 5) is 0.665. The maximum atomic E-state index is 10.7. The maximum absolute atomic E-state index is 10.7. The SMILES string of the molecule is N#Cc1ccc(Cl)cc1SCCS(N)(=O)=O. The first-order valence-electron chi connectivity index (χ1n) is 4.25. The summed E-state index contributed by atoms with van der Waals surface area (Å²) in [7, 11) is -3.46. The van der Waals surface area contributed by atoms with Crippen LogP contribution in [0.25, 0.3) is 0 Å². The molecule has 0 unspecified atom stereocenters. The molecule has 1 rings (SSSR count). The zero-order chi connectivity index (χ0) is 12.2. The van der Waals surface area contributed by atoms with Gasteiger partial charge in [0.15, 0.2) is 0 Å². The largest absolute Gasteiger partial charge is 0.229 e. The van der Waals surface area contributed by atoms with Crippen molar-refractivity contribution in [2.45, 2.75) is 4.90 Å². The van der Waals surface area contributed by atoms with Gasteiger partial charge in [-0.2, -0.15) is 5.26 Å². The summed E-state index contributed by atoms with van der Waals surface area (Å²) in [5.74, 6) is 0.170. The second-order valence-electron chi connectivity index (χ2n) is 2.97. The number of benzene rings is 1. The number of hydrogen-bond acceptors (Lipinski definition) is 4. The van der Waals surface area contributed by atoms with Crippen LogP contribution in [-0.4, -0.2) is 19.9 Å². The summed E-state index contributed by atoms with van der Waals surface area (Å²) in [5.41, 5.74) is 0.476. The number of nitrogens with two attached hydrogens (primary N) is 1. The predicted molar refractivity (Wildman–Crippen MR) is 64.9 cm³/mol. The number of nitriles is 1. The Morgan fingerprint density at radius 1 is 1.50 bits per heavy atom. The Bertz CT molecular complexity index is 523. The lowest BCUT2D eigenvalue weighted by Crippen LogP contribution is -2.17. The number of thioether (sulfide) groups is 1. The number of rotatable bonds is 4. The molecule has 0 aliphatic rings. The van der Waals surface area contributed by atoms with Crippen LogP contribution in [0.5, 0.6) is 0 Å². The van der Waals surface area contributed by atoms with Crippen LogP contribution in [0.2, 0.25) is 5.02 Å². The second kappa shape index (κ2) is 5.55. The molecule has 0 aliphatic heterocycles. The first kappa shape index (κ1) is 13.3. The lowest BCUT2D eigenvalue weighted by atomic mass is 10.2. The molecule has 0 heterocycles. The molecule has 86 valence electrons. The molecule has 4 nitrogen and oxygen atoms in total. The molecule has 1 aromatic rings. The second-order valence-corrected chi connectivity index (χ2v) is 6.27. The van der Waals surface area contributed by atoms with Gasteiger partial charge in [-0.05, 0) is 18.2 Å². The molecular weight excluding hydrogens is 268 g/mol. The number of primary sulfonamides is 1. The summed E-state index contributed by atoms with van der Waals surface area (Å²) in [6.07, 6.45) is 0. The molecular formula is C9H9ClN2O2S2. The third kappa shape index (κ3) is 4.41. The van der Waals surface area contributed by atoms with Crippen molar-refractivity contribution >= 4 is 33.4 Å². The Kier molecular flexibility index (Phi) is 4.62. The summed E-state index contributed by atoms with van der Waals surface area (Å²) >= 11 is 7.02. The highest BCUT2D eigenvalue weighted by Crippen LogP contribution is 2.25. The van der Waals surface area contributed by atoms with Crippen molar-refractivity contribution in [3.05, 3.63) is 28.8 Å². The highest BCUT2D eigenvalue weighted by molar-refractivity contribution is 8.00. The summed E-state index contributed by atoms with van der Waals surface area (Å²) in [6, 6.07) is 6.86. The van der Waals surface area contributed by atoms with Crippen molar-refractivity contribution in [1.29, 1.82) is 5.26 Å². The van der Waals surface area contributed by atoms with Crippen LogP contribution >= 0.6 is 23.4 Å². The van der Waals surface area contributed by atoms with Gasteiger partial charge in [-0.15, -0.1) is 11.8 Å². The van der Waals surface area contributed by atoms with Crippen LogP contribution in [0.15, 0.2) is 23.1 Å². The lowest BCUT2D eigenvalue weighted by Gasteiger charge is -2.03. The van der Waals surface area contributed by atoms with E-state index in [1.807, 2.05) is 6.07 Å². The van der Waals surface area contributed by atoms with Gasteiger partial charge in [0, 0.05) is 15.7 Å². The van der Waals surface area contributed by atoms with E-state index in [2.05, 4.69) is 0 Å². The van der Waals surface area contributed by atoms with E-state index in [-0.39, 0.29) is 5.75 Å². The van der Waals surface area contributed by atoms with Crippen LogP contribution in [-0.2, 0) is 10.0 Å². The van der Waals surface area contributed by atoms with E-state index in [9.17, 15) is 8.42 Å². The Morgan fingerprint density at radius 2 is 2.19 bits per heavy atom. The van der Waals surface area contributed by atoms with E-state index in [4.69, 9.17) is 22.0 Å². The molecule has 0 fully saturated rings. The van der Waals surface area contributed by atoms with Crippen LogP contribution in [0.4, 0.5) is 0 Å². The van der Waals surface area contributed by atoms with Crippen molar-refractivity contribution in [2.75, 3.05) is 11.5 Å². The van der Waals surface area contributed by atoms with E-state index >= 15 is 0 Å². The maximum Gasteiger partial charge on any atom is 0.209 e. The number of nitrogens with zero attached hydrogens (tertiary/aromatic N) is 1. The van der Waals surface area contributed by atoms with Gasteiger partial charge in [-0.3, -0.25) is 0 Å². The quantitative estimate of drug-likeness (QED) is 0.847. The van der Waals surface area contributed by atoms with E-state index in [0.717, 1.165) is 0 Å². The van der Waals surface area contributed by atoms with E-state index in [1.54, 1.807) is 18.2 Å². The zero-order valence-corrected chi connectivity index (χ0v) is 10.6. The Labute approximate surface area is 103 Å². The monoisotopic (exact) mass is 276 g/mol. The first-order chi connectivity index (χ1) is 7.42. The zero-order valence-electron chi connectivity index (χ0n) is 8.18. The highest BCUT2D eigenvalue weighted by atomic mass is 35.5. The Balaban J connectivity index is 2.74. The molecule has 2 N–H and O–H groups in total. The summed E-state index contributed by atoms with van der Waals surface area (Å²) in [6.45, 7) is 0. The minimum absolute atomic E-state index is 0.130. The molecule has 1 aromatic carbocycles. The van der Waals surface area contributed by atoms with Gasteiger partial charge < -0.3 is 0 Å². The van der Waals surface area contributed by atoms with Crippen molar-refractivity contribution in [3.8, 4) is 6.07 Å². The Morgan fingerprint density at radius 3 is 2.75 bits per heavy atom. The van der Waals surface area contributed by atoms with Gasteiger partial charge in [-0.1, -0.05) is 11.6 Å². The Hall–Kier alpha value is -0.740. The van der Waals surface area contributed by atoms with E-state index < -0.39 is 10.0 Å². The molecule has 0 amide bonds. The predicted octanol–water partition coefficient (Wildman–Crippen LogP) is 1.59.